The number of hydrogen-bond acceptors (Lipinski definition) is 5. The number of oxazole rings is 1. The van der Waals surface area contributed by atoms with Crippen LogP contribution in [0.4, 0.5) is 0 Å². The van der Waals surface area contributed by atoms with E-state index in [1.807, 2.05) is 39.0 Å². The Hall–Kier alpha value is -2.16. The molecule has 0 fully saturated rings. The first-order chi connectivity index (χ1) is 13.7. The molecule has 3 aromatic rings. The summed E-state index contributed by atoms with van der Waals surface area (Å²) in [5.41, 5.74) is 2.90. The topological polar surface area (TPSA) is 83.5 Å². The van der Waals surface area contributed by atoms with Gasteiger partial charge in [0, 0.05) is 10.5 Å². The number of nitrogens with zero attached hydrogens (tertiary/aromatic N) is 1. The lowest BCUT2D eigenvalue weighted by atomic mass is 10.2. The van der Waals surface area contributed by atoms with Crippen LogP contribution in [0.2, 0.25) is 0 Å². The molecule has 0 saturated heterocycles. The number of benzene rings is 2. The maximum Gasteiger partial charge on any atom is 0.377 e. The van der Waals surface area contributed by atoms with Crippen molar-refractivity contribution in [3.63, 3.8) is 0 Å². The van der Waals surface area contributed by atoms with Crippen molar-refractivity contribution in [2.75, 3.05) is 6.61 Å². The highest BCUT2D eigenvalue weighted by atomic mass is 79.9. The molecule has 0 aliphatic carbocycles. The van der Waals surface area contributed by atoms with E-state index in [9.17, 15) is 13.0 Å². The van der Waals surface area contributed by atoms with E-state index < -0.39 is 10.1 Å². The molecule has 0 saturated carbocycles. The van der Waals surface area contributed by atoms with Crippen molar-refractivity contribution >= 4 is 43.2 Å². The summed E-state index contributed by atoms with van der Waals surface area (Å²) in [7, 11) is -4.27. The molecule has 0 radical (unpaired) electrons. The van der Waals surface area contributed by atoms with Gasteiger partial charge in [0.1, 0.15) is 22.4 Å². The molecule has 0 amide bonds. The smallest absolute Gasteiger partial charge is 0.377 e. The minimum atomic E-state index is -4.27. The molecule has 0 unspecified atom stereocenters. The summed E-state index contributed by atoms with van der Waals surface area (Å²) in [5.74, 6) is 1.68. The summed E-state index contributed by atoms with van der Waals surface area (Å²) in [4.78, 5) is -0.178. The monoisotopic (exact) mass is 481 g/mol. The maximum absolute atomic E-state index is 10.4. The Morgan fingerprint density at radius 1 is 1.21 bits per heavy atom. The summed E-state index contributed by atoms with van der Waals surface area (Å²) in [6.07, 6.45) is 1.93. The first-order valence-corrected chi connectivity index (χ1v) is 11.3. The summed E-state index contributed by atoms with van der Waals surface area (Å²) in [6.45, 7) is 9.35. The molecule has 0 N–H and O–H groups in total. The van der Waals surface area contributed by atoms with Gasteiger partial charge in [-0.15, -0.1) is 0 Å². The Kier molecular flexibility index (Phi) is 8.01. The van der Waals surface area contributed by atoms with Crippen LogP contribution >= 0.6 is 15.9 Å². The fourth-order valence-electron chi connectivity index (χ4n) is 2.66. The Bertz CT molecular complexity index is 1100. The van der Waals surface area contributed by atoms with Gasteiger partial charge in [0.15, 0.2) is 0 Å². The predicted molar refractivity (Wildman–Crippen MR) is 114 cm³/mol. The molecular weight excluding hydrogens is 458 g/mol. The van der Waals surface area contributed by atoms with Gasteiger partial charge in [-0.25, -0.2) is 8.42 Å². The number of aromatic nitrogens is 1. The van der Waals surface area contributed by atoms with Crippen LogP contribution in [0.3, 0.4) is 0 Å². The van der Waals surface area contributed by atoms with Gasteiger partial charge in [-0.1, -0.05) is 33.6 Å². The summed E-state index contributed by atoms with van der Waals surface area (Å²) < 4.78 is 45.6. The Morgan fingerprint density at radius 2 is 1.86 bits per heavy atom. The molecule has 1 heterocycles. The predicted octanol–water partition coefficient (Wildman–Crippen LogP) is 4.80. The van der Waals surface area contributed by atoms with E-state index in [4.69, 9.17) is 9.15 Å². The summed E-state index contributed by atoms with van der Waals surface area (Å²) in [6, 6.07) is 11.8. The average molecular weight is 482 g/mol. The van der Waals surface area contributed by atoms with E-state index in [0.717, 1.165) is 39.3 Å². The van der Waals surface area contributed by atoms with E-state index in [2.05, 4.69) is 33.5 Å². The van der Waals surface area contributed by atoms with Crippen molar-refractivity contribution in [1.82, 2.24) is 0 Å². The van der Waals surface area contributed by atoms with Crippen molar-refractivity contribution in [1.29, 1.82) is 0 Å². The van der Waals surface area contributed by atoms with Gasteiger partial charge < -0.3 is 13.7 Å². The molecule has 3 rings (SSSR count). The van der Waals surface area contributed by atoms with Crippen LogP contribution in [0.5, 0.6) is 0 Å². The number of ether oxygens (including phenoxy) is 1. The number of hydrogen-bond donors (Lipinski definition) is 0. The molecule has 2 aromatic carbocycles. The van der Waals surface area contributed by atoms with E-state index in [-0.39, 0.29) is 4.90 Å². The van der Waals surface area contributed by atoms with Crippen molar-refractivity contribution in [2.24, 2.45) is 0 Å². The third-order valence-corrected chi connectivity index (χ3v) is 5.36. The quantitative estimate of drug-likeness (QED) is 0.296. The van der Waals surface area contributed by atoms with Crippen molar-refractivity contribution in [2.45, 2.75) is 39.1 Å². The molecule has 156 valence electrons. The second-order valence-electron chi connectivity index (χ2n) is 6.25. The molecule has 8 heteroatoms. The second kappa shape index (κ2) is 10.0. The molecule has 0 bridgehead atoms. The lowest BCUT2D eigenvalue weighted by molar-refractivity contribution is -0.674. The minimum absolute atomic E-state index is 0.178. The third kappa shape index (κ3) is 6.42. The zero-order chi connectivity index (χ0) is 21.6. The fraction of sp³-hybridized carbons (Fsp3) is 0.286. The Morgan fingerprint density at radius 3 is 2.41 bits per heavy atom. The van der Waals surface area contributed by atoms with Gasteiger partial charge in [0.25, 0.3) is 5.52 Å². The normalized spacial score (nSPS) is 11.9. The van der Waals surface area contributed by atoms with Gasteiger partial charge in [0.05, 0.1) is 17.6 Å². The maximum atomic E-state index is 10.4. The van der Waals surface area contributed by atoms with Crippen molar-refractivity contribution < 1.29 is 26.7 Å². The number of allylic oxidation sites excluding steroid dienone is 1. The largest absolute Gasteiger partial charge is 0.744 e. The SMILES string of the molecule is CCOC(C)=Cc1oc2ccc(Br)cc2[n+]1CC.Cc1ccc(S(=O)(=O)[O-])cc1. The highest BCUT2D eigenvalue weighted by molar-refractivity contribution is 9.10. The third-order valence-electron chi connectivity index (χ3n) is 4.02. The highest BCUT2D eigenvalue weighted by Gasteiger charge is 2.19. The molecular formula is C21H24BrNO5S. The van der Waals surface area contributed by atoms with Gasteiger partial charge in [-0.05, 0) is 52.0 Å². The van der Waals surface area contributed by atoms with E-state index in [1.54, 1.807) is 12.1 Å². The van der Waals surface area contributed by atoms with E-state index in [0.29, 0.717) is 6.61 Å². The second-order valence-corrected chi connectivity index (χ2v) is 8.55. The van der Waals surface area contributed by atoms with Crippen LogP contribution in [0.25, 0.3) is 17.2 Å². The molecule has 0 spiro atoms. The highest BCUT2D eigenvalue weighted by Crippen LogP contribution is 2.20. The lowest BCUT2D eigenvalue weighted by Gasteiger charge is -2.05. The van der Waals surface area contributed by atoms with Gasteiger partial charge >= 0.3 is 5.89 Å². The number of halogens is 1. The van der Waals surface area contributed by atoms with Crippen LogP contribution in [-0.4, -0.2) is 19.6 Å². The van der Waals surface area contributed by atoms with Gasteiger partial charge in [-0.2, -0.15) is 4.57 Å². The molecule has 0 atom stereocenters. The number of rotatable bonds is 5. The Balaban J connectivity index is 0.000000234. The summed E-state index contributed by atoms with van der Waals surface area (Å²) in [5, 5.41) is 0. The minimum Gasteiger partial charge on any atom is -0.744 e. The summed E-state index contributed by atoms with van der Waals surface area (Å²) >= 11 is 3.49. The lowest BCUT2D eigenvalue weighted by Crippen LogP contribution is -2.33. The zero-order valence-corrected chi connectivity index (χ0v) is 19.2. The first-order valence-electron chi connectivity index (χ1n) is 9.11. The standard InChI is InChI=1S/C14H17BrNO2.C7H8O3S/c1-4-16-12-9-11(15)6-7-13(12)18-14(16)8-10(3)17-5-2;1-6-2-4-7(5-3-6)11(8,9)10/h6-9H,4-5H2,1-3H3;2-5H,1H3,(H,8,9,10)/q+1;/p-1. The molecule has 1 aromatic heterocycles. The van der Waals surface area contributed by atoms with E-state index in [1.165, 1.54) is 12.1 Å². The van der Waals surface area contributed by atoms with E-state index >= 15 is 0 Å². The number of aryl methyl sites for hydroxylation is 2. The fourth-order valence-corrected chi connectivity index (χ4v) is 3.47. The van der Waals surface area contributed by atoms with Crippen LogP contribution < -0.4 is 4.57 Å². The van der Waals surface area contributed by atoms with Crippen molar-refractivity contribution in [3.8, 4) is 0 Å². The van der Waals surface area contributed by atoms with Crippen LogP contribution in [0.15, 0.2) is 62.0 Å². The van der Waals surface area contributed by atoms with Gasteiger partial charge in [-0.3, -0.25) is 0 Å². The molecule has 6 nitrogen and oxygen atoms in total. The molecule has 0 aliphatic heterocycles. The molecule has 0 aliphatic rings. The Labute approximate surface area is 179 Å². The van der Waals surface area contributed by atoms with Crippen molar-refractivity contribution in [3.05, 3.63) is 64.2 Å². The zero-order valence-electron chi connectivity index (χ0n) is 16.8. The average Bonchev–Trinajstić information content (AvgIpc) is 2.98. The molecule has 29 heavy (non-hydrogen) atoms. The number of fused-ring (bicyclic) bond motifs is 1. The van der Waals surface area contributed by atoms with Crippen LogP contribution in [-0.2, 0) is 21.4 Å². The van der Waals surface area contributed by atoms with Crippen LogP contribution in [0.1, 0.15) is 32.2 Å². The first kappa shape index (κ1) is 23.1. The van der Waals surface area contributed by atoms with Crippen LogP contribution in [0, 0.1) is 6.92 Å². The van der Waals surface area contributed by atoms with Gasteiger partial charge in [0.2, 0.25) is 5.58 Å².